The average molecular weight is 428 g/mol. The zero-order valence-electron chi connectivity index (χ0n) is 15.3. The van der Waals surface area contributed by atoms with Gasteiger partial charge in [0.2, 0.25) is 11.8 Å². The van der Waals surface area contributed by atoms with Gasteiger partial charge in [-0.3, -0.25) is 19.5 Å². The SMILES string of the molecule is CN1C(=O)CC2(C(=O)Nc3ccc(Cl)cc32)c2cnn(Cc3ccc(Cl)cn3)c21. The average Bonchev–Trinajstić information content (AvgIpc) is 3.22. The standard InChI is InChI=1S/C20H15Cl2N5O2/c1-26-17(28)7-20(14-6-11(21)3-5-16(14)25-19(20)29)15-9-24-27(18(15)26)10-13-4-2-12(22)8-23-13/h2-6,8-9H,7,10H2,1H3,(H,25,29). The Kier molecular flexibility index (Phi) is 3.94. The molecule has 4 heterocycles. The number of carbonyl (C=O) groups excluding carboxylic acids is 2. The first kappa shape index (κ1) is 18.1. The molecule has 146 valence electrons. The molecule has 2 aliphatic heterocycles. The van der Waals surface area contributed by atoms with E-state index in [1.54, 1.807) is 59.4 Å². The maximum absolute atomic E-state index is 13.2. The second-order valence-corrected chi connectivity index (χ2v) is 8.06. The van der Waals surface area contributed by atoms with Crippen molar-refractivity contribution in [1.29, 1.82) is 0 Å². The first-order valence-corrected chi connectivity index (χ1v) is 9.70. The lowest BCUT2D eigenvalue weighted by molar-refractivity contribution is -0.126. The number of amides is 2. The van der Waals surface area contributed by atoms with Crippen LogP contribution in [0, 0.1) is 0 Å². The van der Waals surface area contributed by atoms with Crippen LogP contribution in [0.5, 0.6) is 0 Å². The first-order valence-electron chi connectivity index (χ1n) is 8.95. The number of halogens is 2. The molecule has 0 fully saturated rings. The number of pyridine rings is 1. The normalized spacial score (nSPS) is 20.0. The molecule has 9 heteroatoms. The third-order valence-corrected chi connectivity index (χ3v) is 6.02. The molecule has 0 saturated heterocycles. The van der Waals surface area contributed by atoms with Crippen LogP contribution in [0.1, 0.15) is 23.2 Å². The Hall–Kier alpha value is -2.90. The molecule has 0 radical (unpaired) electrons. The molecule has 2 aliphatic rings. The summed E-state index contributed by atoms with van der Waals surface area (Å²) in [6.07, 6.45) is 3.23. The van der Waals surface area contributed by atoms with Crippen LogP contribution >= 0.6 is 23.2 Å². The van der Waals surface area contributed by atoms with Crippen molar-refractivity contribution in [3.63, 3.8) is 0 Å². The second-order valence-electron chi connectivity index (χ2n) is 7.19. The molecule has 5 rings (SSSR count). The zero-order chi connectivity index (χ0) is 20.3. The van der Waals surface area contributed by atoms with E-state index in [0.29, 0.717) is 39.2 Å². The quantitative estimate of drug-likeness (QED) is 0.680. The molecular weight excluding hydrogens is 413 g/mol. The van der Waals surface area contributed by atoms with Crippen LogP contribution in [-0.4, -0.2) is 33.6 Å². The molecule has 0 bridgehead atoms. The second kappa shape index (κ2) is 6.30. The van der Waals surface area contributed by atoms with Crippen molar-refractivity contribution in [2.45, 2.75) is 18.4 Å². The smallest absolute Gasteiger partial charge is 0.240 e. The summed E-state index contributed by atoms with van der Waals surface area (Å²) in [4.78, 5) is 31.9. The van der Waals surface area contributed by atoms with E-state index in [-0.39, 0.29) is 18.2 Å². The minimum absolute atomic E-state index is 0.0144. The van der Waals surface area contributed by atoms with Gasteiger partial charge < -0.3 is 5.32 Å². The molecular formula is C20H15Cl2N5O2. The Labute approximate surface area is 176 Å². The Morgan fingerprint density at radius 2 is 1.90 bits per heavy atom. The van der Waals surface area contributed by atoms with Crippen LogP contribution < -0.4 is 10.2 Å². The highest BCUT2D eigenvalue weighted by atomic mass is 35.5. The highest BCUT2D eigenvalue weighted by Gasteiger charge is 2.55. The van der Waals surface area contributed by atoms with Crippen LogP contribution in [-0.2, 0) is 21.5 Å². The van der Waals surface area contributed by atoms with E-state index in [1.165, 1.54) is 0 Å². The van der Waals surface area contributed by atoms with Gasteiger partial charge in [0, 0.05) is 29.5 Å². The summed E-state index contributed by atoms with van der Waals surface area (Å²) in [6.45, 7) is 0.338. The van der Waals surface area contributed by atoms with Crippen LogP contribution in [0.4, 0.5) is 11.5 Å². The van der Waals surface area contributed by atoms with Gasteiger partial charge in [-0.2, -0.15) is 5.10 Å². The van der Waals surface area contributed by atoms with E-state index in [0.717, 1.165) is 5.69 Å². The molecule has 0 aliphatic carbocycles. The Morgan fingerprint density at radius 1 is 1.10 bits per heavy atom. The van der Waals surface area contributed by atoms with Crippen molar-refractivity contribution >= 4 is 46.5 Å². The van der Waals surface area contributed by atoms with E-state index in [9.17, 15) is 9.59 Å². The molecule has 0 saturated carbocycles. The highest BCUT2D eigenvalue weighted by molar-refractivity contribution is 6.31. The summed E-state index contributed by atoms with van der Waals surface area (Å²) in [5.74, 6) is 0.147. The number of carbonyl (C=O) groups is 2. The molecule has 3 aromatic rings. The number of nitrogens with zero attached hydrogens (tertiary/aromatic N) is 4. The maximum atomic E-state index is 13.2. The van der Waals surface area contributed by atoms with E-state index >= 15 is 0 Å². The molecule has 1 aromatic carbocycles. The minimum atomic E-state index is -1.15. The predicted molar refractivity (Wildman–Crippen MR) is 109 cm³/mol. The monoisotopic (exact) mass is 427 g/mol. The fraction of sp³-hybridized carbons (Fsp3) is 0.200. The van der Waals surface area contributed by atoms with E-state index in [1.807, 2.05) is 0 Å². The van der Waals surface area contributed by atoms with Gasteiger partial charge in [0.15, 0.2) is 0 Å². The van der Waals surface area contributed by atoms with Crippen LogP contribution in [0.25, 0.3) is 0 Å². The maximum Gasteiger partial charge on any atom is 0.240 e. The summed E-state index contributed by atoms with van der Waals surface area (Å²) in [5.41, 5.74) is 1.62. The largest absolute Gasteiger partial charge is 0.325 e. The predicted octanol–water partition coefficient (Wildman–Crippen LogP) is 3.24. The first-order chi connectivity index (χ1) is 13.9. The van der Waals surface area contributed by atoms with E-state index in [2.05, 4.69) is 15.4 Å². The van der Waals surface area contributed by atoms with Crippen molar-refractivity contribution < 1.29 is 9.59 Å². The molecule has 1 N–H and O–H groups in total. The molecule has 29 heavy (non-hydrogen) atoms. The number of aromatic nitrogens is 3. The third-order valence-electron chi connectivity index (χ3n) is 5.56. The summed E-state index contributed by atoms with van der Waals surface area (Å²) in [6, 6.07) is 8.77. The van der Waals surface area contributed by atoms with Crippen molar-refractivity contribution in [3.8, 4) is 0 Å². The van der Waals surface area contributed by atoms with E-state index < -0.39 is 5.41 Å². The number of nitrogens with one attached hydrogen (secondary N) is 1. The summed E-state index contributed by atoms with van der Waals surface area (Å²) >= 11 is 12.1. The van der Waals surface area contributed by atoms with E-state index in [4.69, 9.17) is 23.2 Å². The van der Waals surface area contributed by atoms with Gasteiger partial charge >= 0.3 is 0 Å². The van der Waals surface area contributed by atoms with Gasteiger partial charge in [0.1, 0.15) is 11.2 Å². The van der Waals surface area contributed by atoms with Crippen molar-refractivity contribution in [3.05, 3.63) is 69.6 Å². The molecule has 2 aromatic heterocycles. The Bertz CT molecular complexity index is 1170. The van der Waals surface area contributed by atoms with Crippen molar-refractivity contribution in [2.75, 3.05) is 17.3 Å². The highest BCUT2D eigenvalue weighted by Crippen LogP contribution is 2.51. The molecule has 2 amide bonds. The Balaban J connectivity index is 1.68. The van der Waals surface area contributed by atoms with Crippen LogP contribution in [0.2, 0.25) is 10.0 Å². The topological polar surface area (TPSA) is 80.1 Å². The fourth-order valence-corrected chi connectivity index (χ4v) is 4.42. The molecule has 7 nitrogen and oxygen atoms in total. The Morgan fingerprint density at radius 3 is 2.66 bits per heavy atom. The minimum Gasteiger partial charge on any atom is -0.325 e. The number of hydrogen-bond acceptors (Lipinski definition) is 4. The number of benzene rings is 1. The van der Waals surface area contributed by atoms with Crippen LogP contribution in [0.15, 0.2) is 42.7 Å². The molecule has 1 unspecified atom stereocenters. The number of rotatable bonds is 2. The summed E-state index contributed by atoms with van der Waals surface area (Å²) in [7, 11) is 1.69. The molecule has 1 spiro atoms. The zero-order valence-corrected chi connectivity index (χ0v) is 16.8. The van der Waals surface area contributed by atoms with Crippen molar-refractivity contribution in [1.82, 2.24) is 14.8 Å². The fourth-order valence-electron chi connectivity index (χ4n) is 4.13. The van der Waals surface area contributed by atoms with Gasteiger partial charge in [-0.05, 0) is 35.9 Å². The van der Waals surface area contributed by atoms with Gasteiger partial charge in [-0.25, -0.2) is 4.68 Å². The number of anilines is 2. The number of hydrogen-bond donors (Lipinski definition) is 1. The number of fused-ring (bicyclic) bond motifs is 4. The lowest BCUT2D eigenvalue weighted by atomic mass is 9.71. The van der Waals surface area contributed by atoms with Crippen LogP contribution in [0.3, 0.4) is 0 Å². The summed E-state index contributed by atoms with van der Waals surface area (Å²) < 4.78 is 1.68. The lowest BCUT2D eigenvalue weighted by Crippen LogP contribution is -2.47. The van der Waals surface area contributed by atoms with Gasteiger partial charge in [-0.15, -0.1) is 0 Å². The van der Waals surface area contributed by atoms with Gasteiger partial charge in [0.25, 0.3) is 0 Å². The molecule has 1 atom stereocenters. The summed E-state index contributed by atoms with van der Waals surface area (Å²) in [5, 5.41) is 8.43. The van der Waals surface area contributed by atoms with Crippen molar-refractivity contribution in [2.24, 2.45) is 0 Å². The van der Waals surface area contributed by atoms with Gasteiger partial charge in [0.05, 0.1) is 29.9 Å². The third kappa shape index (κ3) is 2.58. The van der Waals surface area contributed by atoms with Gasteiger partial charge in [-0.1, -0.05) is 23.2 Å². The lowest BCUT2D eigenvalue weighted by Gasteiger charge is -2.35.